The number of rotatable bonds is 1. The number of aryl methyl sites for hydroxylation is 2. The number of fused-ring (bicyclic) bond motifs is 3. The molecule has 2 aromatic heterocycles. The van der Waals surface area contributed by atoms with E-state index < -0.39 is 0 Å². The highest BCUT2D eigenvalue weighted by molar-refractivity contribution is 5.68. The van der Waals surface area contributed by atoms with E-state index in [-0.39, 0.29) is 0 Å². The van der Waals surface area contributed by atoms with Gasteiger partial charge in [-0.25, -0.2) is 9.97 Å². The molecule has 0 radical (unpaired) electrons. The van der Waals surface area contributed by atoms with Crippen molar-refractivity contribution in [1.82, 2.24) is 15.3 Å². The number of piperazine rings is 1. The fraction of sp³-hybridized carbons (Fsp3) is 0.429. The Kier molecular flexibility index (Phi) is 2.51. The summed E-state index contributed by atoms with van der Waals surface area (Å²) in [6.45, 7) is 3.93. The van der Waals surface area contributed by atoms with Crippen LogP contribution in [-0.4, -0.2) is 36.1 Å². The van der Waals surface area contributed by atoms with Gasteiger partial charge in [0, 0.05) is 44.4 Å². The van der Waals surface area contributed by atoms with Crippen molar-refractivity contribution in [3.63, 3.8) is 0 Å². The van der Waals surface area contributed by atoms with Crippen molar-refractivity contribution >= 4 is 5.95 Å². The molecule has 98 valence electrons. The molecule has 2 aromatic rings. The number of furan rings is 1. The third kappa shape index (κ3) is 1.81. The van der Waals surface area contributed by atoms with Crippen LogP contribution in [-0.2, 0) is 12.8 Å². The maximum absolute atomic E-state index is 5.51. The van der Waals surface area contributed by atoms with Crippen LogP contribution in [0, 0.1) is 0 Å². The van der Waals surface area contributed by atoms with Gasteiger partial charge in [0.2, 0.25) is 5.95 Å². The zero-order chi connectivity index (χ0) is 12.7. The zero-order valence-electron chi connectivity index (χ0n) is 10.7. The second-order valence-corrected chi connectivity index (χ2v) is 5.04. The van der Waals surface area contributed by atoms with Crippen molar-refractivity contribution in [3.8, 4) is 11.3 Å². The van der Waals surface area contributed by atoms with Gasteiger partial charge in [0.25, 0.3) is 0 Å². The van der Waals surface area contributed by atoms with E-state index >= 15 is 0 Å². The maximum atomic E-state index is 5.51. The molecular formula is C14H16N4O. The van der Waals surface area contributed by atoms with Crippen LogP contribution in [0.25, 0.3) is 11.3 Å². The Balaban J connectivity index is 1.75. The normalized spacial score (nSPS) is 18.0. The summed E-state index contributed by atoms with van der Waals surface area (Å²) in [6.07, 6.45) is 5.66. The molecule has 1 fully saturated rings. The summed E-state index contributed by atoms with van der Waals surface area (Å²) in [4.78, 5) is 11.5. The van der Waals surface area contributed by atoms with E-state index in [1.54, 1.807) is 6.26 Å². The standard InChI is InChI=1S/C14H16N4O/c1-2-12-11(3-8-19-12)13-10(1)9-16-14(17-13)18-6-4-15-5-7-18/h3,8-9,15H,1-2,4-7H2. The van der Waals surface area contributed by atoms with Crippen molar-refractivity contribution in [2.24, 2.45) is 0 Å². The van der Waals surface area contributed by atoms with Crippen LogP contribution in [0.4, 0.5) is 5.95 Å². The third-order valence-electron chi connectivity index (χ3n) is 3.87. The van der Waals surface area contributed by atoms with Crippen molar-refractivity contribution in [3.05, 3.63) is 29.9 Å². The minimum atomic E-state index is 0.842. The topological polar surface area (TPSA) is 54.2 Å². The van der Waals surface area contributed by atoms with Crippen LogP contribution >= 0.6 is 0 Å². The lowest BCUT2D eigenvalue weighted by molar-refractivity contribution is 0.506. The molecule has 0 atom stereocenters. The maximum Gasteiger partial charge on any atom is 0.225 e. The number of nitrogens with one attached hydrogen (secondary N) is 1. The summed E-state index contributed by atoms with van der Waals surface area (Å²) in [5.74, 6) is 1.90. The van der Waals surface area contributed by atoms with E-state index in [1.165, 1.54) is 5.56 Å². The first-order chi connectivity index (χ1) is 9.42. The van der Waals surface area contributed by atoms with Crippen LogP contribution in [0.5, 0.6) is 0 Å². The van der Waals surface area contributed by atoms with Gasteiger partial charge in [-0.05, 0) is 18.1 Å². The molecular weight excluding hydrogens is 240 g/mol. The van der Waals surface area contributed by atoms with E-state index in [0.717, 1.165) is 62.0 Å². The quantitative estimate of drug-likeness (QED) is 0.832. The van der Waals surface area contributed by atoms with Gasteiger partial charge in [-0.3, -0.25) is 0 Å². The molecule has 0 amide bonds. The molecule has 0 unspecified atom stereocenters. The molecule has 0 bridgehead atoms. The highest BCUT2D eigenvalue weighted by atomic mass is 16.3. The second-order valence-electron chi connectivity index (χ2n) is 5.04. The Morgan fingerprint density at radius 3 is 3.00 bits per heavy atom. The first kappa shape index (κ1) is 11.0. The SMILES string of the molecule is c1cc2c(o1)CCc1cnc(N3CCNCC3)nc1-2. The summed E-state index contributed by atoms with van der Waals surface area (Å²) in [5.41, 5.74) is 3.42. The lowest BCUT2D eigenvalue weighted by Crippen LogP contribution is -2.44. The van der Waals surface area contributed by atoms with Gasteiger partial charge in [-0.1, -0.05) is 0 Å². The van der Waals surface area contributed by atoms with E-state index in [0.29, 0.717) is 0 Å². The highest BCUT2D eigenvalue weighted by Gasteiger charge is 2.22. The molecule has 1 saturated heterocycles. The fourth-order valence-electron chi connectivity index (χ4n) is 2.82. The molecule has 3 heterocycles. The molecule has 2 aliphatic rings. The van der Waals surface area contributed by atoms with Crippen LogP contribution in [0.15, 0.2) is 22.9 Å². The molecule has 0 aromatic carbocycles. The van der Waals surface area contributed by atoms with Crippen LogP contribution in [0.2, 0.25) is 0 Å². The molecule has 1 N–H and O–H groups in total. The van der Waals surface area contributed by atoms with Crippen molar-refractivity contribution < 1.29 is 4.42 Å². The van der Waals surface area contributed by atoms with Crippen LogP contribution < -0.4 is 10.2 Å². The molecule has 5 nitrogen and oxygen atoms in total. The van der Waals surface area contributed by atoms with E-state index in [1.807, 2.05) is 12.3 Å². The largest absolute Gasteiger partial charge is 0.469 e. The third-order valence-corrected chi connectivity index (χ3v) is 3.87. The second kappa shape index (κ2) is 4.35. The average molecular weight is 256 g/mol. The van der Waals surface area contributed by atoms with Gasteiger partial charge in [0.05, 0.1) is 12.0 Å². The van der Waals surface area contributed by atoms with Crippen LogP contribution in [0.3, 0.4) is 0 Å². The summed E-state index contributed by atoms with van der Waals surface area (Å²) in [7, 11) is 0. The van der Waals surface area contributed by atoms with E-state index in [2.05, 4.69) is 15.2 Å². The Morgan fingerprint density at radius 2 is 2.11 bits per heavy atom. The summed E-state index contributed by atoms with van der Waals surface area (Å²) < 4.78 is 5.51. The Bertz CT molecular complexity index is 601. The minimum Gasteiger partial charge on any atom is -0.469 e. The summed E-state index contributed by atoms with van der Waals surface area (Å²) >= 11 is 0. The van der Waals surface area contributed by atoms with Gasteiger partial charge >= 0.3 is 0 Å². The van der Waals surface area contributed by atoms with Crippen LogP contribution in [0.1, 0.15) is 11.3 Å². The minimum absolute atomic E-state index is 0.842. The number of hydrogen-bond donors (Lipinski definition) is 1. The first-order valence-corrected chi connectivity index (χ1v) is 6.80. The Morgan fingerprint density at radius 1 is 1.21 bits per heavy atom. The van der Waals surface area contributed by atoms with Gasteiger partial charge in [-0.15, -0.1) is 0 Å². The fourth-order valence-corrected chi connectivity index (χ4v) is 2.82. The zero-order valence-corrected chi connectivity index (χ0v) is 10.7. The molecule has 5 heteroatoms. The summed E-state index contributed by atoms with van der Waals surface area (Å²) in [6, 6.07) is 2.02. The molecule has 0 spiro atoms. The lowest BCUT2D eigenvalue weighted by atomic mass is 9.96. The molecule has 4 rings (SSSR count). The molecule has 19 heavy (non-hydrogen) atoms. The number of nitrogens with zero attached hydrogens (tertiary/aromatic N) is 3. The lowest BCUT2D eigenvalue weighted by Gasteiger charge is -2.28. The van der Waals surface area contributed by atoms with Crippen molar-refractivity contribution in [2.75, 3.05) is 31.1 Å². The van der Waals surface area contributed by atoms with E-state index in [9.17, 15) is 0 Å². The predicted octanol–water partition coefficient (Wildman–Crippen LogP) is 1.24. The monoisotopic (exact) mass is 256 g/mol. The first-order valence-electron chi connectivity index (χ1n) is 6.80. The smallest absolute Gasteiger partial charge is 0.225 e. The van der Waals surface area contributed by atoms with Gasteiger partial charge in [-0.2, -0.15) is 0 Å². The number of hydrogen-bond acceptors (Lipinski definition) is 5. The Hall–Kier alpha value is -1.88. The van der Waals surface area contributed by atoms with Crippen molar-refractivity contribution in [1.29, 1.82) is 0 Å². The predicted molar refractivity (Wildman–Crippen MR) is 72.2 cm³/mol. The van der Waals surface area contributed by atoms with Gasteiger partial charge < -0.3 is 14.6 Å². The average Bonchev–Trinajstić information content (AvgIpc) is 2.96. The molecule has 0 saturated carbocycles. The molecule has 1 aliphatic heterocycles. The summed E-state index contributed by atoms with van der Waals surface area (Å²) in [5, 5.41) is 3.35. The highest BCUT2D eigenvalue weighted by Crippen LogP contribution is 2.33. The van der Waals surface area contributed by atoms with Crippen molar-refractivity contribution in [2.45, 2.75) is 12.8 Å². The Labute approximate surface area is 111 Å². The number of aromatic nitrogens is 2. The number of anilines is 1. The van der Waals surface area contributed by atoms with E-state index in [4.69, 9.17) is 9.40 Å². The molecule has 1 aliphatic carbocycles. The van der Waals surface area contributed by atoms with Gasteiger partial charge in [0.15, 0.2) is 0 Å². The van der Waals surface area contributed by atoms with Gasteiger partial charge in [0.1, 0.15) is 5.76 Å².